The Morgan fingerprint density at radius 3 is 2.43 bits per heavy atom. The molecule has 0 saturated carbocycles. The number of nitrogens with one attached hydrogen (secondary N) is 1. The molecule has 0 unspecified atom stereocenters. The molecule has 10 heteroatoms. The van der Waals surface area contributed by atoms with E-state index in [1.54, 1.807) is 5.38 Å². The summed E-state index contributed by atoms with van der Waals surface area (Å²) in [6.07, 6.45) is 0. The predicted octanol–water partition coefficient (Wildman–Crippen LogP) is 5.03. The molecule has 1 N–H and O–H groups in total. The third kappa shape index (κ3) is 3.71. The zero-order chi connectivity index (χ0) is 21.3. The van der Waals surface area contributed by atoms with Gasteiger partial charge < -0.3 is 0 Å². The first kappa shape index (κ1) is 19.2. The van der Waals surface area contributed by atoms with Crippen LogP contribution in [0, 0.1) is 20.2 Å². The quantitative estimate of drug-likeness (QED) is 0.356. The van der Waals surface area contributed by atoms with Crippen LogP contribution < -0.4 is 5.32 Å². The topological polar surface area (TPSA) is 128 Å². The molecule has 9 nitrogen and oxygen atoms in total. The van der Waals surface area contributed by atoms with Crippen LogP contribution in [-0.2, 0) is 0 Å². The fourth-order valence-corrected chi connectivity index (χ4v) is 3.67. The van der Waals surface area contributed by atoms with Gasteiger partial charge in [0.25, 0.3) is 17.3 Å². The number of aromatic nitrogens is 1. The minimum atomic E-state index is -0.829. The lowest BCUT2D eigenvalue weighted by Gasteiger charge is -2.03. The number of nitro groups is 2. The summed E-state index contributed by atoms with van der Waals surface area (Å²) in [5, 5.41) is 28.8. The summed E-state index contributed by atoms with van der Waals surface area (Å²) in [5.74, 6) is -0.768. The number of hydrogen-bond donors (Lipinski definition) is 1. The smallest absolute Gasteiger partial charge is 0.289 e. The van der Waals surface area contributed by atoms with Gasteiger partial charge in [0.05, 0.1) is 21.6 Å². The minimum Gasteiger partial charge on any atom is -0.298 e. The van der Waals surface area contributed by atoms with Gasteiger partial charge in [-0.3, -0.25) is 30.3 Å². The summed E-state index contributed by atoms with van der Waals surface area (Å²) in [4.78, 5) is 37.4. The van der Waals surface area contributed by atoms with Crippen molar-refractivity contribution in [3.8, 4) is 11.3 Å². The number of carbonyl (C=O) groups is 1. The second-order valence-electron chi connectivity index (χ2n) is 6.27. The zero-order valence-electron chi connectivity index (χ0n) is 15.1. The molecule has 148 valence electrons. The Balaban J connectivity index is 1.60. The lowest BCUT2D eigenvalue weighted by atomic mass is 10.1. The molecule has 0 spiro atoms. The molecule has 1 aromatic heterocycles. The standard InChI is InChI=1S/C20H12N4O5S/c25-19(16-8-7-15(23(26)27)10-18(16)24(28)29)22-20-21-17(11-30-20)14-6-5-12-3-1-2-4-13(12)9-14/h1-11H,(H,21,22,25). The Morgan fingerprint density at radius 2 is 1.70 bits per heavy atom. The Kier molecular flexibility index (Phi) is 4.90. The fourth-order valence-electron chi connectivity index (χ4n) is 2.95. The highest BCUT2D eigenvalue weighted by Crippen LogP contribution is 2.29. The number of benzene rings is 3. The minimum absolute atomic E-state index is 0.260. The van der Waals surface area contributed by atoms with Crippen LogP contribution in [0.15, 0.2) is 66.0 Å². The molecule has 0 aliphatic carbocycles. The summed E-state index contributed by atoms with van der Waals surface area (Å²) in [6, 6.07) is 16.6. The molecule has 0 atom stereocenters. The Bertz CT molecular complexity index is 1320. The summed E-state index contributed by atoms with van der Waals surface area (Å²) in [5.41, 5.74) is 0.123. The third-order valence-electron chi connectivity index (χ3n) is 4.40. The Morgan fingerprint density at radius 1 is 0.933 bits per heavy atom. The molecule has 30 heavy (non-hydrogen) atoms. The van der Waals surface area contributed by atoms with Gasteiger partial charge in [0, 0.05) is 17.0 Å². The van der Waals surface area contributed by atoms with E-state index in [1.165, 1.54) is 11.3 Å². The molecule has 1 amide bonds. The van der Waals surface area contributed by atoms with E-state index in [0.717, 1.165) is 34.5 Å². The molecule has 0 radical (unpaired) electrons. The first-order chi connectivity index (χ1) is 14.4. The van der Waals surface area contributed by atoms with Crippen molar-refractivity contribution in [2.24, 2.45) is 0 Å². The Labute approximate surface area is 172 Å². The predicted molar refractivity (Wildman–Crippen MR) is 113 cm³/mol. The lowest BCUT2D eigenvalue weighted by Crippen LogP contribution is -2.14. The van der Waals surface area contributed by atoms with Crippen LogP contribution in [0.4, 0.5) is 16.5 Å². The van der Waals surface area contributed by atoms with Gasteiger partial charge in [-0.2, -0.15) is 0 Å². The molecular weight excluding hydrogens is 408 g/mol. The number of fused-ring (bicyclic) bond motifs is 1. The molecule has 1 heterocycles. The van der Waals surface area contributed by atoms with Crippen molar-refractivity contribution in [3.63, 3.8) is 0 Å². The van der Waals surface area contributed by atoms with Crippen LogP contribution in [0.2, 0.25) is 0 Å². The van der Waals surface area contributed by atoms with Gasteiger partial charge in [-0.1, -0.05) is 36.4 Å². The highest BCUT2D eigenvalue weighted by atomic mass is 32.1. The number of nitro benzene ring substituents is 2. The monoisotopic (exact) mass is 420 g/mol. The number of hydrogen-bond acceptors (Lipinski definition) is 7. The van der Waals surface area contributed by atoms with Crippen LogP contribution in [0.3, 0.4) is 0 Å². The summed E-state index contributed by atoms with van der Waals surface area (Å²) >= 11 is 1.17. The summed E-state index contributed by atoms with van der Waals surface area (Å²) in [7, 11) is 0. The summed E-state index contributed by atoms with van der Waals surface area (Å²) < 4.78 is 0. The molecule has 0 bridgehead atoms. The van der Waals surface area contributed by atoms with Crippen molar-refractivity contribution in [3.05, 3.63) is 91.8 Å². The molecule has 0 fully saturated rings. The highest BCUT2D eigenvalue weighted by molar-refractivity contribution is 7.14. The fraction of sp³-hybridized carbons (Fsp3) is 0. The van der Waals surface area contributed by atoms with Gasteiger partial charge >= 0.3 is 0 Å². The van der Waals surface area contributed by atoms with Crippen molar-refractivity contribution >= 4 is 44.5 Å². The molecule has 0 aliphatic heterocycles. The maximum Gasteiger partial charge on any atom is 0.289 e. The first-order valence-electron chi connectivity index (χ1n) is 8.61. The van der Waals surface area contributed by atoms with E-state index >= 15 is 0 Å². The highest BCUT2D eigenvalue weighted by Gasteiger charge is 2.24. The number of non-ortho nitro benzene ring substituents is 1. The van der Waals surface area contributed by atoms with E-state index in [2.05, 4.69) is 10.3 Å². The molecule has 4 aromatic rings. The van der Waals surface area contributed by atoms with Gasteiger partial charge in [-0.05, 0) is 22.9 Å². The van der Waals surface area contributed by atoms with Crippen LogP contribution >= 0.6 is 11.3 Å². The number of thiazole rings is 1. The van der Waals surface area contributed by atoms with Gasteiger partial charge in [0.15, 0.2) is 5.13 Å². The molecular formula is C20H12N4O5S. The van der Waals surface area contributed by atoms with Gasteiger partial charge in [0.2, 0.25) is 0 Å². The van der Waals surface area contributed by atoms with E-state index in [0.29, 0.717) is 5.69 Å². The first-order valence-corrected chi connectivity index (χ1v) is 9.49. The van der Waals surface area contributed by atoms with E-state index in [-0.39, 0.29) is 10.7 Å². The Hall–Kier alpha value is -4.18. The average molecular weight is 420 g/mol. The largest absolute Gasteiger partial charge is 0.298 e. The van der Waals surface area contributed by atoms with Gasteiger partial charge in [-0.15, -0.1) is 11.3 Å². The van der Waals surface area contributed by atoms with Crippen LogP contribution in [0.25, 0.3) is 22.0 Å². The van der Waals surface area contributed by atoms with E-state index in [4.69, 9.17) is 0 Å². The molecule has 0 aliphatic rings. The van der Waals surface area contributed by atoms with Crippen LogP contribution in [0.1, 0.15) is 10.4 Å². The number of amides is 1. The normalized spacial score (nSPS) is 10.7. The van der Waals surface area contributed by atoms with Crippen molar-refractivity contribution in [1.82, 2.24) is 4.98 Å². The van der Waals surface area contributed by atoms with E-state index in [1.807, 2.05) is 42.5 Å². The van der Waals surface area contributed by atoms with Gasteiger partial charge in [-0.25, -0.2) is 4.98 Å². The van der Waals surface area contributed by atoms with Crippen LogP contribution in [0.5, 0.6) is 0 Å². The van der Waals surface area contributed by atoms with Crippen molar-refractivity contribution < 1.29 is 14.6 Å². The number of nitrogens with zero attached hydrogens (tertiary/aromatic N) is 3. The second-order valence-corrected chi connectivity index (χ2v) is 7.13. The SMILES string of the molecule is O=C(Nc1nc(-c2ccc3ccccc3c2)cs1)c1ccc([N+](=O)[O-])cc1[N+](=O)[O-]. The van der Waals surface area contributed by atoms with E-state index < -0.39 is 27.1 Å². The van der Waals surface area contributed by atoms with Crippen molar-refractivity contribution in [1.29, 1.82) is 0 Å². The summed E-state index contributed by atoms with van der Waals surface area (Å²) in [6.45, 7) is 0. The number of rotatable bonds is 5. The second kappa shape index (κ2) is 7.68. The van der Waals surface area contributed by atoms with Crippen molar-refractivity contribution in [2.45, 2.75) is 0 Å². The average Bonchev–Trinajstić information content (AvgIpc) is 3.21. The number of anilines is 1. The lowest BCUT2D eigenvalue weighted by molar-refractivity contribution is -0.394. The van der Waals surface area contributed by atoms with Crippen LogP contribution in [-0.4, -0.2) is 20.7 Å². The third-order valence-corrected chi connectivity index (χ3v) is 5.16. The zero-order valence-corrected chi connectivity index (χ0v) is 16.0. The maximum absolute atomic E-state index is 12.5. The van der Waals surface area contributed by atoms with Crippen molar-refractivity contribution in [2.75, 3.05) is 5.32 Å². The maximum atomic E-state index is 12.5. The van der Waals surface area contributed by atoms with Gasteiger partial charge in [0.1, 0.15) is 5.56 Å². The number of carbonyl (C=O) groups excluding carboxylic acids is 1. The molecule has 0 saturated heterocycles. The molecule has 3 aromatic carbocycles. The molecule has 4 rings (SSSR count). The van der Waals surface area contributed by atoms with E-state index in [9.17, 15) is 25.0 Å².